The number of rotatable bonds is 2. The molecule has 2 aromatic rings. The number of fused-ring (bicyclic) bond motifs is 1. The number of amides is 2. The fourth-order valence-electron chi connectivity index (χ4n) is 3.54. The van der Waals surface area contributed by atoms with Gasteiger partial charge in [-0.05, 0) is 38.0 Å². The van der Waals surface area contributed by atoms with Gasteiger partial charge in [0.15, 0.2) is 0 Å². The first kappa shape index (κ1) is 17.1. The van der Waals surface area contributed by atoms with Gasteiger partial charge in [-0.15, -0.1) is 0 Å². The van der Waals surface area contributed by atoms with Gasteiger partial charge < -0.3 is 14.9 Å². The van der Waals surface area contributed by atoms with E-state index in [1.165, 1.54) is 4.90 Å². The third-order valence-corrected chi connectivity index (χ3v) is 5.49. The first-order chi connectivity index (χ1) is 12.4. The van der Waals surface area contributed by atoms with Crippen LogP contribution in [0, 0.1) is 0 Å². The predicted octanol–water partition coefficient (Wildman–Crippen LogP) is 3.59. The number of benzene rings is 1. The number of carbonyl (C=O) groups is 2. The highest BCUT2D eigenvalue weighted by atomic mass is 35.5. The Labute approximate surface area is 156 Å². The van der Waals surface area contributed by atoms with Crippen LogP contribution in [0.25, 0.3) is 10.9 Å². The molecule has 136 valence electrons. The van der Waals surface area contributed by atoms with Crippen LogP contribution in [0.3, 0.4) is 0 Å². The number of halogens is 1. The Morgan fingerprint density at radius 2 is 2.00 bits per heavy atom. The van der Waals surface area contributed by atoms with Crippen molar-refractivity contribution in [2.75, 3.05) is 19.6 Å². The molecule has 1 aliphatic heterocycles. The van der Waals surface area contributed by atoms with Gasteiger partial charge in [-0.1, -0.05) is 17.7 Å². The summed E-state index contributed by atoms with van der Waals surface area (Å²) in [5, 5.41) is 10.7. The van der Waals surface area contributed by atoms with Crippen LogP contribution in [0.4, 0.5) is 4.79 Å². The second kappa shape index (κ2) is 6.43. The normalized spacial score (nSPS) is 20.5. The third kappa shape index (κ3) is 3.09. The van der Waals surface area contributed by atoms with E-state index in [0.29, 0.717) is 36.1 Å². The minimum Gasteiger partial charge on any atom is -0.465 e. The topological polar surface area (TPSA) is 73.7 Å². The van der Waals surface area contributed by atoms with Gasteiger partial charge in [0.05, 0.1) is 10.5 Å². The highest BCUT2D eigenvalue weighted by Gasteiger charge is 2.30. The second-order valence-electron chi connectivity index (χ2n) is 7.11. The standard InChI is InChI=1S/C19H20ClN3O3/c1-11-10-22(6-7-23(11)19(25)26)18(24)13-4-5-14-15(20)9-16(12-2-3-12)21-17(14)8-13/h4-5,8-9,11-12H,2-3,6-7,10H2,1H3,(H,25,26)/t11-/m1/s1. The molecule has 7 heteroatoms. The van der Waals surface area contributed by atoms with Crippen molar-refractivity contribution in [3.63, 3.8) is 0 Å². The second-order valence-corrected chi connectivity index (χ2v) is 7.52. The molecule has 1 aliphatic carbocycles. The SMILES string of the molecule is C[C@@H]1CN(C(=O)c2ccc3c(Cl)cc(C4CC4)nc3c2)CCN1C(=O)O. The summed E-state index contributed by atoms with van der Waals surface area (Å²) in [5.74, 6) is 0.389. The minimum absolute atomic E-state index is 0.0986. The summed E-state index contributed by atoms with van der Waals surface area (Å²) in [5.41, 5.74) is 2.29. The Morgan fingerprint density at radius 1 is 1.23 bits per heavy atom. The lowest BCUT2D eigenvalue weighted by Crippen LogP contribution is -2.55. The molecule has 1 saturated carbocycles. The summed E-state index contributed by atoms with van der Waals surface area (Å²) in [7, 11) is 0. The molecule has 1 N–H and O–H groups in total. The maximum absolute atomic E-state index is 12.9. The largest absolute Gasteiger partial charge is 0.465 e. The maximum atomic E-state index is 12.9. The zero-order valence-corrected chi connectivity index (χ0v) is 15.2. The van der Waals surface area contributed by atoms with Gasteiger partial charge >= 0.3 is 6.09 Å². The van der Waals surface area contributed by atoms with Gasteiger partial charge in [0.1, 0.15) is 0 Å². The van der Waals surface area contributed by atoms with Gasteiger partial charge in [-0.3, -0.25) is 9.78 Å². The zero-order chi connectivity index (χ0) is 18.4. The van der Waals surface area contributed by atoms with Gasteiger partial charge in [-0.2, -0.15) is 0 Å². The summed E-state index contributed by atoms with van der Waals surface area (Å²) >= 11 is 6.38. The molecule has 0 unspecified atom stereocenters. The first-order valence-corrected chi connectivity index (χ1v) is 9.21. The van der Waals surface area contributed by atoms with E-state index >= 15 is 0 Å². The number of carboxylic acid groups (broad SMARTS) is 1. The van der Waals surface area contributed by atoms with E-state index in [4.69, 9.17) is 16.6 Å². The Bertz CT molecular complexity index is 897. The maximum Gasteiger partial charge on any atom is 0.407 e. The van der Waals surface area contributed by atoms with Gasteiger partial charge in [0, 0.05) is 48.2 Å². The molecule has 2 aliphatic rings. The number of hydrogen-bond donors (Lipinski definition) is 1. The lowest BCUT2D eigenvalue weighted by molar-refractivity contribution is 0.0507. The fraction of sp³-hybridized carbons (Fsp3) is 0.421. The minimum atomic E-state index is -0.943. The Morgan fingerprint density at radius 3 is 2.65 bits per heavy atom. The van der Waals surface area contributed by atoms with Gasteiger partial charge in [0.2, 0.25) is 0 Å². The van der Waals surface area contributed by atoms with Crippen molar-refractivity contribution in [2.24, 2.45) is 0 Å². The number of nitrogens with zero attached hydrogens (tertiary/aromatic N) is 3. The van der Waals surface area contributed by atoms with Crippen molar-refractivity contribution < 1.29 is 14.7 Å². The number of piperazine rings is 1. The van der Waals surface area contributed by atoms with Gasteiger partial charge in [0.25, 0.3) is 5.91 Å². The monoisotopic (exact) mass is 373 g/mol. The predicted molar refractivity (Wildman–Crippen MR) is 98.8 cm³/mol. The molecular weight excluding hydrogens is 354 g/mol. The third-order valence-electron chi connectivity index (χ3n) is 5.18. The van der Waals surface area contributed by atoms with Crippen LogP contribution in [-0.4, -0.2) is 57.6 Å². The molecule has 0 radical (unpaired) electrons. The molecule has 2 amide bonds. The molecule has 1 saturated heterocycles. The molecule has 2 fully saturated rings. The molecule has 1 atom stereocenters. The molecule has 1 aromatic carbocycles. The summed E-state index contributed by atoms with van der Waals surface area (Å²) in [6, 6.07) is 7.11. The zero-order valence-electron chi connectivity index (χ0n) is 14.5. The van der Waals surface area contributed by atoms with Crippen molar-refractivity contribution in [3.8, 4) is 0 Å². The van der Waals surface area contributed by atoms with E-state index in [1.54, 1.807) is 17.0 Å². The molecule has 0 spiro atoms. The highest BCUT2D eigenvalue weighted by molar-refractivity contribution is 6.35. The smallest absolute Gasteiger partial charge is 0.407 e. The van der Waals surface area contributed by atoms with E-state index in [0.717, 1.165) is 29.4 Å². The Hall–Kier alpha value is -2.34. The van der Waals surface area contributed by atoms with E-state index in [2.05, 4.69) is 0 Å². The molecule has 4 rings (SSSR count). The lowest BCUT2D eigenvalue weighted by atomic mass is 10.1. The van der Waals surface area contributed by atoms with Crippen molar-refractivity contribution >= 4 is 34.5 Å². The van der Waals surface area contributed by atoms with Crippen molar-refractivity contribution in [1.82, 2.24) is 14.8 Å². The number of hydrogen-bond acceptors (Lipinski definition) is 3. The molecule has 6 nitrogen and oxygen atoms in total. The van der Waals surface area contributed by atoms with Crippen LogP contribution in [0.1, 0.15) is 41.7 Å². The molecule has 0 bridgehead atoms. The fourth-order valence-corrected chi connectivity index (χ4v) is 3.81. The van der Waals surface area contributed by atoms with E-state index in [1.807, 2.05) is 19.1 Å². The molecule has 1 aromatic heterocycles. The van der Waals surface area contributed by atoms with Crippen molar-refractivity contribution in [1.29, 1.82) is 0 Å². The summed E-state index contributed by atoms with van der Waals surface area (Å²) in [6.45, 7) is 2.92. The van der Waals surface area contributed by atoms with Crippen LogP contribution in [0.5, 0.6) is 0 Å². The summed E-state index contributed by atoms with van der Waals surface area (Å²) in [6.07, 6.45) is 1.33. The van der Waals surface area contributed by atoms with Crippen LogP contribution >= 0.6 is 11.6 Å². The Kier molecular flexibility index (Phi) is 4.23. The highest BCUT2D eigenvalue weighted by Crippen LogP contribution is 2.41. The average Bonchev–Trinajstić information content (AvgIpc) is 3.45. The van der Waals surface area contributed by atoms with E-state index in [9.17, 15) is 14.7 Å². The first-order valence-electron chi connectivity index (χ1n) is 8.83. The number of aromatic nitrogens is 1. The van der Waals surface area contributed by atoms with Crippen LogP contribution in [0.2, 0.25) is 5.02 Å². The molecule has 26 heavy (non-hydrogen) atoms. The summed E-state index contributed by atoms with van der Waals surface area (Å²) < 4.78 is 0. The number of carbonyl (C=O) groups excluding carboxylic acids is 1. The van der Waals surface area contributed by atoms with Crippen LogP contribution in [0.15, 0.2) is 24.3 Å². The Balaban J connectivity index is 1.60. The van der Waals surface area contributed by atoms with Crippen LogP contribution < -0.4 is 0 Å². The molecule has 2 heterocycles. The quantitative estimate of drug-likeness (QED) is 0.873. The van der Waals surface area contributed by atoms with Crippen molar-refractivity contribution in [3.05, 3.63) is 40.5 Å². The summed E-state index contributed by atoms with van der Waals surface area (Å²) in [4.78, 5) is 31.8. The number of pyridine rings is 1. The molecular formula is C19H20ClN3O3. The lowest BCUT2D eigenvalue weighted by Gasteiger charge is -2.38. The van der Waals surface area contributed by atoms with E-state index in [-0.39, 0.29) is 11.9 Å². The average molecular weight is 374 g/mol. The van der Waals surface area contributed by atoms with Crippen LogP contribution in [-0.2, 0) is 0 Å². The van der Waals surface area contributed by atoms with E-state index < -0.39 is 6.09 Å². The van der Waals surface area contributed by atoms with Crippen molar-refractivity contribution in [2.45, 2.75) is 31.7 Å². The van der Waals surface area contributed by atoms with Gasteiger partial charge in [-0.25, -0.2) is 4.79 Å².